The number of hydrogen-bond donors (Lipinski definition) is 2. The van der Waals surface area contributed by atoms with E-state index >= 15 is 0 Å². The van der Waals surface area contributed by atoms with Crippen molar-refractivity contribution >= 4 is 22.8 Å². The third kappa shape index (κ3) is 4.14. The van der Waals surface area contributed by atoms with Gasteiger partial charge in [-0.25, -0.2) is 4.98 Å². The SMILES string of the molecule is COc1ccc(CC(=O)N2CCCC[C@@H]2c2cc(C(F)(F)F)c3c(N)[nH]nc3n2)cc1. The summed E-state index contributed by atoms with van der Waals surface area (Å²) in [6.45, 7) is 0.462. The molecule has 1 amide bonds. The van der Waals surface area contributed by atoms with E-state index in [0.717, 1.165) is 24.5 Å². The van der Waals surface area contributed by atoms with Crippen molar-refractivity contribution in [3.63, 3.8) is 0 Å². The van der Waals surface area contributed by atoms with Gasteiger partial charge in [0.2, 0.25) is 5.91 Å². The number of nitrogen functional groups attached to an aromatic ring is 1. The van der Waals surface area contributed by atoms with Crippen molar-refractivity contribution in [1.29, 1.82) is 0 Å². The van der Waals surface area contributed by atoms with E-state index in [9.17, 15) is 18.0 Å². The number of aromatic amines is 1. The molecular formula is C21H22F3N5O2. The highest BCUT2D eigenvalue weighted by Gasteiger charge is 2.37. The number of methoxy groups -OCH3 is 1. The number of halogens is 3. The van der Waals surface area contributed by atoms with Crippen molar-refractivity contribution in [2.75, 3.05) is 19.4 Å². The van der Waals surface area contributed by atoms with Crippen molar-refractivity contribution in [3.8, 4) is 5.75 Å². The second-order valence-corrected chi connectivity index (χ2v) is 7.55. The number of carbonyl (C=O) groups excluding carboxylic acids is 1. The van der Waals surface area contributed by atoms with Gasteiger partial charge >= 0.3 is 6.18 Å². The number of carbonyl (C=O) groups is 1. The molecule has 0 saturated carbocycles. The van der Waals surface area contributed by atoms with Crippen LogP contribution in [0.2, 0.25) is 0 Å². The van der Waals surface area contributed by atoms with E-state index in [2.05, 4.69) is 15.2 Å². The summed E-state index contributed by atoms with van der Waals surface area (Å²) in [5.41, 5.74) is 5.63. The quantitative estimate of drug-likeness (QED) is 0.651. The number of H-pyrrole nitrogens is 1. The van der Waals surface area contributed by atoms with Gasteiger partial charge in [0, 0.05) is 6.54 Å². The molecular weight excluding hydrogens is 411 g/mol. The number of likely N-dealkylation sites (tertiary alicyclic amines) is 1. The Bertz CT molecular complexity index is 1090. The zero-order valence-corrected chi connectivity index (χ0v) is 16.9. The lowest BCUT2D eigenvalue weighted by molar-refractivity contribution is -0.136. The predicted molar refractivity (Wildman–Crippen MR) is 108 cm³/mol. The van der Waals surface area contributed by atoms with Crippen molar-refractivity contribution in [1.82, 2.24) is 20.1 Å². The van der Waals surface area contributed by atoms with Crippen LogP contribution in [0.1, 0.15) is 42.1 Å². The Labute approximate surface area is 176 Å². The molecule has 0 aliphatic carbocycles. The number of anilines is 1. The zero-order chi connectivity index (χ0) is 22.2. The molecule has 7 nitrogen and oxygen atoms in total. The first-order valence-electron chi connectivity index (χ1n) is 9.92. The summed E-state index contributed by atoms with van der Waals surface area (Å²) in [5.74, 6) is 0.340. The molecule has 0 spiro atoms. The lowest BCUT2D eigenvalue weighted by Gasteiger charge is -2.35. The summed E-state index contributed by atoms with van der Waals surface area (Å²) < 4.78 is 46.3. The molecule has 0 bridgehead atoms. The summed E-state index contributed by atoms with van der Waals surface area (Å²) in [6.07, 6.45) is -2.37. The third-order valence-corrected chi connectivity index (χ3v) is 5.56. The Morgan fingerprint density at radius 3 is 2.71 bits per heavy atom. The average Bonchev–Trinajstić information content (AvgIpc) is 3.13. The number of ether oxygens (including phenoxy) is 1. The normalized spacial score (nSPS) is 17.2. The number of alkyl halides is 3. The number of nitrogens with zero attached hydrogens (tertiary/aromatic N) is 3. The Morgan fingerprint density at radius 2 is 2.03 bits per heavy atom. The van der Waals surface area contributed by atoms with E-state index in [1.165, 1.54) is 0 Å². The molecule has 0 radical (unpaired) electrons. The van der Waals surface area contributed by atoms with Crippen LogP contribution in [-0.4, -0.2) is 39.6 Å². The van der Waals surface area contributed by atoms with Crippen molar-refractivity contribution in [2.24, 2.45) is 0 Å². The first kappa shape index (κ1) is 21.0. The van der Waals surface area contributed by atoms with E-state index in [1.807, 2.05) is 0 Å². The van der Waals surface area contributed by atoms with Crippen LogP contribution in [0, 0.1) is 0 Å². The van der Waals surface area contributed by atoms with Gasteiger partial charge < -0.3 is 15.4 Å². The standard InChI is InChI=1S/C21H22F3N5O2/c1-31-13-7-5-12(6-8-13)10-17(30)29-9-3-2-4-16(29)15-11-14(21(22,23)24)18-19(25)27-28-20(18)26-15/h5-8,11,16H,2-4,9-10H2,1H3,(H3,25,26,27,28)/t16-/m1/s1. The first-order chi connectivity index (χ1) is 14.8. The number of benzene rings is 1. The number of nitrogens with one attached hydrogen (secondary N) is 1. The molecule has 3 heterocycles. The number of fused-ring (bicyclic) bond motifs is 1. The highest BCUT2D eigenvalue weighted by molar-refractivity contribution is 5.90. The van der Waals surface area contributed by atoms with Crippen LogP contribution in [0.5, 0.6) is 5.75 Å². The molecule has 1 saturated heterocycles. The molecule has 2 aromatic heterocycles. The third-order valence-electron chi connectivity index (χ3n) is 5.56. The fourth-order valence-corrected chi connectivity index (χ4v) is 4.02. The summed E-state index contributed by atoms with van der Waals surface area (Å²) in [6, 6.07) is 7.58. The summed E-state index contributed by atoms with van der Waals surface area (Å²) in [5, 5.41) is 5.95. The smallest absolute Gasteiger partial charge is 0.417 e. The van der Waals surface area contributed by atoms with Gasteiger partial charge in [0.1, 0.15) is 11.6 Å². The lowest BCUT2D eigenvalue weighted by atomic mass is 9.96. The number of nitrogens with two attached hydrogens (primary N) is 1. The molecule has 3 N–H and O–H groups in total. The number of aromatic nitrogens is 3. The molecule has 4 rings (SSSR count). The molecule has 1 aliphatic heterocycles. The van der Waals surface area contributed by atoms with Crippen LogP contribution in [0.3, 0.4) is 0 Å². The Kier molecular flexibility index (Phi) is 5.47. The van der Waals surface area contributed by atoms with Gasteiger partial charge in [0.05, 0.1) is 36.2 Å². The predicted octanol–water partition coefficient (Wildman–Crippen LogP) is 3.86. The Hall–Kier alpha value is -3.30. The van der Waals surface area contributed by atoms with Crippen LogP contribution in [0.15, 0.2) is 30.3 Å². The summed E-state index contributed by atoms with van der Waals surface area (Å²) in [7, 11) is 1.56. The van der Waals surface area contributed by atoms with Crippen LogP contribution in [0.4, 0.5) is 19.0 Å². The number of amides is 1. The molecule has 31 heavy (non-hydrogen) atoms. The zero-order valence-electron chi connectivity index (χ0n) is 16.9. The molecule has 1 atom stereocenters. The topological polar surface area (TPSA) is 97.1 Å². The number of hydrogen-bond acceptors (Lipinski definition) is 5. The number of rotatable bonds is 4. The molecule has 1 fully saturated rings. The van der Waals surface area contributed by atoms with E-state index in [1.54, 1.807) is 36.3 Å². The summed E-state index contributed by atoms with van der Waals surface area (Å²) >= 11 is 0. The van der Waals surface area contributed by atoms with Gasteiger partial charge in [-0.1, -0.05) is 12.1 Å². The van der Waals surface area contributed by atoms with E-state index in [0.29, 0.717) is 18.7 Å². The fourth-order valence-electron chi connectivity index (χ4n) is 4.02. The first-order valence-corrected chi connectivity index (χ1v) is 9.92. The number of piperidine rings is 1. The van der Waals surface area contributed by atoms with Crippen LogP contribution in [0.25, 0.3) is 11.0 Å². The molecule has 1 aliphatic rings. The van der Waals surface area contributed by atoms with Gasteiger partial charge in [-0.15, -0.1) is 0 Å². The molecule has 3 aromatic rings. The Balaban J connectivity index is 1.66. The summed E-state index contributed by atoms with van der Waals surface area (Å²) in [4.78, 5) is 19.0. The van der Waals surface area contributed by atoms with Crippen LogP contribution >= 0.6 is 0 Å². The maximum atomic E-state index is 13.7. The van der Waals surface area contributed by atoms with Crippen LogP contribution < -0.4 is 10.5 Å². The molecule has 10 heteroatoms. The maximum Gasteiger partial charge on any atom is 0.417 e. The van der Waals surface area contributed by atoms with Gasteiger partial charge in [0.25, 0.3) is 0 Å². The van der Waals surface area contributed by atoms with Gasteiger partial charge in [-0.2, -0.15) is 18.3 Å². The van der Waals surface area contributed by atoms with Gasteiger partial charge in [-0.05, 0) is 43.0 Å². The highest BCUT2D eigenvalue weighted by atomic mass is 19.4. The highest BCUT2D eigenvalue weighted by Crippen LogP contribution is 2.39. The van der Waals surface area contributed by atoms with Crippen molar-refractivity contribution in [2.45, 2.75) is 37.9 Å². The molecule has 0 unspecified atom stereocenters. The van der Waals surface area contributed by atoms with E-state index in [4.69, 9.17) is 10.5 Å². The Morgan fingerprint density at radius 1 is 1.29 bits per heavy atom. The van der Waals surface area contributed by atoms with Gasteiger partial charge in [0.15, 0.2) is 5.65 Å². The molecule has 1 aromatic carbocycles. The largest absolute Gasteiger partial charge is 0.497 e. The average molecular weight is 433 g/mol. The van der Waals surface area contributed by atoms with Crippen molar-refractivity contribution < 1.29 is 22.7 Å². The van der Waals surface area contributed by atoms with Gasteiger partial charge in [-0.3, -0.25) is 9.89 Å². The van der Waals surface area contributed by atoms with E-state index in [-0.39, 0.29) is 34.9 Å². The maximum absolute atomic E-state index is 13.7. The number of pyridine rings is 1. The van der Waals surface area contributed by atoms with Crippen LogP contribution in [-0.2, 0) is 17.4 Å². The van der Waals surface area contributed by atoms with Crippen molar-refractivity contribution in [3.05, 3.63) is 47.2 Å². The minimum Gasteiger partial charge on any atom is -0.497 e. The minimum atomic E-state index is -4.62. The fraction of sp³-hybridized carbons (Fsp3) is 0.381. The second kappa shape index (κ2) is 8.09. The molecule has 164 valence electrons. The van der Waals surface area contributed by atoms with E-state index < -0.39 is 17.8 Å². The minimum absolute atomic E-state index is 0.101. The monoisotopic (exact) mass is 433 g/mol. The second-order valence-electron chi connectivity index (χ2n) is 7.55. The lowest BCUT2D eigenvalue weighted by Crippen LogP contribution is -2.39.